The lowest BCUT2D eigenvalue weighted by atomic mass is 9.95. The minimum atomic E-state index is -0.477. The molecule has 0 fully saturated rings. The molecule has 21 heavy (non-hydrogen) atoms. The van der Waals surface area contributed by atoms with Gasteiger partial charge in [-0.2, -0.15) is 5.10 Å². The van der Waals surface area contributed by atoms with E-state index in [0.29, 0.717) is 24.1 Å². The first-order valence-electron chi connectivity index (χ1n) is 6.48. The molecule has 0 spiro atoms. The number of carbonyl (C=O) groups excluding carboxylic acids is 1. The molecule has 0 aliphatic carbocycles. The van der Waals surface area contributed by atoms with Gasteiger partial charge in [-0.1, -0.05) is 28.1 Å². The van der Waals surface area contributed by atoms with Gasteiger partial charge in [0.2, 0.25) is 0 Å². The molecule has 6 heteroatoms. The lowest BCUT2D eigenvalue weighted by Gasteiger charge is -2.15. The first kappa shape index (κ1) is 13.9. The second kappa shape index (κ2) is 5.37. The Bertz CT molecular complexity index is 807. The highest BCUT2D eigenvalue weighted by molar-refractivity contribution is 9.10. The molecule has 1 amide bonds. The number of aromatic nitrogens is 2. The molecule has 1 N–H and O–H groups in total. The van der Waals surface area contributed by atoms with Crippen LogP contribution in [0.15, 0.2) is 38.5 Å². The fraction of sp³-hybridized carbons (Fsp3) is 0.200. The summed E-state index contributed by atoms with van der Waals surface area (Å²) < 4.78 is 1.00. The van der Waals surface area contributed by atoms with E-state index in [0.717, 1.165) is 15.7 Å². The summed E-state index contributed by atoms with van der Waals surface area (Å²) in [4.78, 5) is 27.6. The van der Waals surface area contributed by atoms with Crippen LogP contribution in [0.3, 0.4) is 0 Å². The van der Waals surface area contributed by atoms with Crippen molar-refractivity contribution in [2.75, 3.05) is 0 Å². The highest BCUT2D eigenvalue weighted by Gasteiger charge is 2.24. The number of halogens is 1. The SMILES string of the molecule is CC1=NC(=O)c2c(c(Cc3ccc(Br)cc3)n[nH]c2=O)C1. The summed E-state index contributed by atoms with van der Waals surface area (Å²) in [5.41, 5.74) is 2.84. The molecule has 2 aromatic rings. The van der Waals surface area contributed by atoms with Crippen LogP contribution in [-0.2, 0) is 12.8 Å². The molecular formula is C15H12BrN3O2. The Kier molecular flexibility index (Phi) is 3.55. The summed E-state index contributed by atoms with van der Waals surface area (Å²) in [5.74, 6) is -0.477. The topological polar surface area (TPSA) is 75.2 Å². The van der Waals surface area contributed by atoms with Crippen molar-refractivity contribution in [3.05, 3.63) is 61.5 Å². The monoisotopic (exact) mass is 345 g/mol. The molecule has 1 aliphatic heterocycles. The molecule has 0 saturated carbocycles. The van der Waals surface area contributed by atoms with Crippen LogP contribution in [0.5, 0.6) is 0 Å². The Hall–Kier alpha value is -2.08. The normalized spacial score (nSPS) is 13.8. The molecule has 0 atom stereocenters. The first-order chi connectivity index (χ1) is 10.0. The van der Waals surface area contributed by atoms with Gasteiger partial charge in [0, 0.05) is 23.0 Å². The van der Waals surface area contributed by atoms with Crippen LogP contribution in [0.25, 0.3) is 0 Å². The minimum absolute atomic E-state index is 0.128. The Morgan fingerprint density at radius 3 is 2.67 bits per heavy atom. The molecule has 1 aromatic heterocycles. The van der Waals surface area contributed by atoms with Crippen molar-refractivity contribution in [3.8, 4) is 0 Å². The number of hydrogen-bond donors (Lipinski definition) is 1. The van der Waals surface area contributed by atoms with Gasteiger partial charge in [0.05, 0.1) is 5.69 Å². The van der Waals surface area contributed by atoms with Crippen LogP contribution < -0.4 is 5.56 Å². The average Bonchev–Trinajstić information content (AvgIpc) is 2.43. The predicted molar refractivity (Wildman–Crippen MR) is 82.9 cm³/mol. The summed E-state index contributed by atoms with van der Waals surface area (Å²) in [7, 11) is 0. The Balaban J connectivity index is 2.05. The molecule has 0 radical (unpaired) electrons. The predicted octanol–water partition coefficient (Wildman–Crippen LogP) is 2.28. The van der Waals surface area contributed by atoms with E-state index in [-0.39, 0.29) is 5.56 Å². The van der Waals surface area contributed by atoms with Crippen molar-refractivity contribution in [1.29, 1.82) is 0 Å². The van der Waals surface area contributed by atoms with Crippen molar-refractivity contribution >= 4 is 27.5 Å². The van der Waals surface area contributed by atoms with E-state index in [9.17, 15) is 9.59 Å². The quantitative estimate of drug-likeness (QED) is 0.907. The molecule has 1 aliphatic rings. The third kappa shape index (κ3) is 2.71. The fourth-order valence-electron chi connectivity index (χ4n) is 2.41. The summed E-state index contributed by atoms with van der Waals surface area (Å²) in [6, 6.07) is 7.86. The van der Waals surface area contributed by atoms with E-state index >= 15 is 0 Å². The Morgan fingerprint density at radius 2 is 1.95 bits per heavy atom. The number of carbonyl (C=O) groups is 1. The number of nitrogens with one attached hydrogen (secondary N) is 1. The fourth-order valence-corrected chi connectivity index (χ4v) is 2.67. The van der Waals surface area contributed by atoms with Gasteiger partial charge in [-0.3, -0.25) is 9.59 Å². The molecule has 0 unspecified atom stereocenters. The molecule has 1 aromatic carbocycles. The molecule has 0 bridgehead atoms. The lowest BCUT2D eigenvalue weighted by molar-refractivity contribution is 0.0998. The number of aromatic amines is 1. The van der Waals surface area contributed by atoms with Crippen molar-refractivity contribution in [2.45, 2.75) is 19.8 Å². The van der Waals surface area contributed by atoms with Gasteiger partial charge >= 0.3 is 0 Å². The smallest absolute Gasteiger partial charge is 0.267 e. The Labute approximate surface area is 129 Å². The molecule has 0 saturated heterocycles. The number of benzene rings is 1. The highest BCUT2D eigenvalue weighted by Crippen LogP contribution is 2.20. The van der Waals surface area contributed by atoms with Gasteiger partial charge in [0.1, 0.15) is 5.56 Å². The van der Waals surface area contributed by atoms with Gasteiger partial charge in [-0.15, -0.1) is 0 Å². The average molecular weight is 346 g/mol. The van der Waals surface area contributed by atoms with E-state index in [2.05, 4.69) is 31.1 Å². The van der Waals surface area contributed by atoms with Crippen molar-refractivity contribution in [3.63, 3.8) is 0 Å². The largest absolute Gasteiger partial charge is 0.282 e. The number of H-pyrrole nitrogens is 1. The minimum Gasteiger partial charge on any atom is -0.267 e. The van der Waals surface area contributed by atoms with Crippen LogP contribution in [-0.4, -0.2) is 21.8 Å². The number of amides is 1. The van der Waals surface area contributed by atoms with Crippen molar-refractivity contribution in [2.24, 2.45) is 4.99 Å². The Morgan fingerprint density at radius 1 is 1.24 bits per heavy atom. The summed E-state index contributed by atoms with van der Waals surface area (Å²) in [6.07, 6.45) is 1.05. The zero-order chi connectivity index (χ0) is 15.0. The molecule has 106 valence electrons. The first-order valence-corrected chi connectivity index (χ1v) is 7.27. The summed E-state index contributed by atoms with van der Waals surface area (Å²) >= 11 is 3.39. The second-order valence-corrected chi connectivity index (χ2v) is 5.90. The van der Waals surface area contributed by atoms with Crippen LogP contribution in [0.4, 0.5) is 0 Å². The van der Waals surface area contributed by atoms with E-state index < -0.39 is 11.5 Å². The van der Waals surface area contributed by atoms with Gasteiger partial charge < -0.3 is 0 Å². The standard InChI is InChI=1S/C15H12BrN3O2/c1-8-6-11-12(7-9-2-4-10(16)5-3-9)18-19-15(21)13(11)14(20)17-8/h2-5H,6-7H2,1H3,(H,19,21). The van der Waals surface area contributed by atoms with E-state index in [1.807, 2.05) is 24.3 Å². The van der Waals surface area contributed by atoms with Crippen LogP contribution in [0.1, 0.15) is 34.1 Å². The maximum atomic E-state index is 11.9. The molecule has 3 rings (SSSR count). The highest BCUT2D eigenvalue weighted by atomic mass is 79.9. The molecule has 2 heterocycles. The third-order valence-electron chi connectivity index (χ3n) is 3.39. The zero-order valence-electron chi connectivity index (χ0n) is 11.3. The number of aliphatic imine (C=N–C) groups is 1. The van der Waals surface area contributed by atoms with Crippen LogP contribution in [0.2, 0.25) is 0 Å². The number of rotatable bonds is 2. The van der Waals surface area contributed by atoms with Crippen molar-refractivity contribution in [1.82, 2.24) is 10.2 Å². The maximum absolute atomic E-state index is 11.9. The number of nitrogens with zero attached hydrogens (tertiary/aromatic N) is 2. The van der Waals surface area contributed by atoms with Crippen molar-refractivity contribution < 1.29 is 4.79 Å². The van der Waals surface area contributed by atoms with Crippen LogP contribution in [0, 0.1) is 0 Å². The van der Waals surface area contributed by atoms with E-state index in [1.54, 1.807) is 6.92 Å². The maximum Gasteiger partial charge on any atom is 0.282 e. The summed E-state index contributed by atoms with van der Waals surface area (Å²) in [5, 5.41) is 6.52. The number of hydrogen-bond acceptors (Lipinski definition) is 3. The van der Waals surface area contributed by atoms with Gasteiger partial charge in [0.25, 0.3) is 11.5 Å². The van der Waals surface area contributed by atoms with E-state index in [1.165, 1.54) is 0 Å². The summed E-state index contributed by atoms with van der Waals surface area (Å²) in [6.45, 7) is 1.78. The van der Waals surface area contributed by atoms with Gasteiger partial charge in [0.15, 0.2) is 0 Å². The molecular weight excluding hydrogens is 334 g/mol. The second-order valence-electron chi connectivity index (χ2n) is 4.99. The van der Waals surface area contributed by atoms with Gasteiger partial charge in [-0.25, -0.2) is 10.1 Å². The lowest BCUT2D eigenvalue weighted by Crippen LogP contribution is -2.28. The van der Waals surface area contributed by atoms with Crippen LogP contribution >= 0.6 is 15.9 Å². The third-order valence-corrected chi connectivity index (χ3v) is 3.92. The van der Waals surface area contributed by atoms with Gasteiger partial charge in [-0.05, 0) is 30.2 Å². The van der Waals surface area contributed by atoms with E-state index in [4.69, 9.17) is 0 Å². The molecule has 5 nitrogen and oxygen atoms in total. The zero-order valence-corrected chi connectivity index (χ0v) is 12.9. The number of fused-ring (bicyclic) bond motifs is 1.